The number of unbranched alkanes of at least 4 members (excludes halogenated alkanes) is 11. The fraction of sp³-hybridized carbons (Fsp3) is 1.00. The fourth-order valence-corrected chi connectivity index (χ4v) is 9.81. The Kier molecular flexibility index (Phi) is 16.0. The van der Waals surface area contributed by atoms with Gasteiger partial charge in [-0.05, 0) is 19.3 Å². The van der Waals surface area contributed by atoms with Crippen molar-refractivity contribution in [1.29, 1.82) is 0 Å². The second kappa shape index (κ2) is 16.2. The molecule has 0 saturated heterocycles. The Labute approximate surface area is 223 Å². The molecule has 0 fully saturated rings. The molecule has 0 radical (unpaired) electrons. The minimum atomic E-state index is -7.31. The van der Waals surface area contributed by atoms with Gasteiger partial charge in [-0.1, -0.05) is 91.4 Å². The first-order valence-electron chi connectivity index (χ1n) is 13.3. The summed E-state index contributed by atoms with van der Waals surface area (Å²) >= 11 is 0. The highest BCUT2D eigenvalue weighted by Crippen LogP contribution is 2.59. The van der Waals surface area contributed by atoms with Gasteiger partial charge in [0.15, 0.2) is 0 Å². The first-order chi connectivity index (χ1) is 17.4. The first kappa shape index (κ1) is 37.6. The van der Waals surface area contributed by atoms with Crippen molar-refractivity contribution in [3.8, 4) is 0 Å². The summed E-state index contributed by atoms with van der Waals surface area (Å²) in [5, 5.41) is -6.81. The van der Waals surface area contributed by atoms with E-state index in [4.69, 9.17) is 3.63 Å². The normalized spacial score (nSPS) is 14.7. The standard InChI is InChI=1S/C24H43F9O3S2/c1-4-7-10-11-12-13-14-17-20-37(18-15-8-5-2,19-16-9-6-3)36-38(34,35)24(32,33)22(27,28)21(25,26)23(29,30)31/h4-20H2,1-3H3. The van der Waals surface area contributed by atoms with Crippen molar-refractivity contribution in [2.24, 2.45) is 0 Å². The van der Waals surface area contributed by atoms with Crippen LogP contribution in [0.25, 0.3) is 0 Å². The lowest BCUT2D eigenvalue weighted by atomic mass is 10.1. The molecular weight excluding hydrogens is 571 g/mol. The Balaban J connectivity index is 6.04. The number of halogens is 9. The topological polar surface area (TPSA) is 43.4 Å². The van der Waals surface area contributed by atoms with Crippen LogP contribution in [0, 0.1) is 0 Å². The van der Waals surface area contributed by atoms with Crippen LogP contribution < -0.4 is 0 Å². The molecule has 0 aromatic carbocycles. The molecule has 0 N–H and O–H groups in total. The Morgan fingerprint density at radius 3 is 1.18 bits per heavy atom. The van der Waals surface area contributed by atoms with E-state index in [1.54, 1.807) is 0 Å². The van der Waals surface area contributed by atoms with E-state index in [1.165, 1.54) is 0 Å². The minimum Gasteiger partial charge on any atom is -0.215 e. The smallest absolute Gasteiger partial charge is 0.215 e. The van der Waals surface area contributed by atoms with Crippen molar-refractivity contribution in [3.05, 3.63) is 0 Å². The number of rotatable bonds is 22. The molecule has 0 aromatic rings. The molecule has 3 nitrogen and oxygen atoms in total. The van der Waals surface area contributed by atoms with Gasteiger partial charge in [-0.2, -0.15) is 47.9 Å². The lowest BCUT2D eigenvalue weighted by Gasteiger charge is -2.41. The van der Waals surface area contributed by atoms with Gasteiger partial charge in [0.1, 0.15) is 0 Å². The zero-order valence-corrected chi connectivity index (χ0v) is 24.1. The molecule has 0 unspecified atom stereocenters. The average Bonchev–Trinajstić information content (AvgIpc) is 2.79. The largest absolute Gasteiger partial charge is 0.460 e. The summed E-state index contributed by atoms with van der Waals surface area (Å²) in [5.41, 5.74) is 0. The van der Waals surface area contributed by atoms with Crippen LogP contribution in [-0.4, -0.2) is 49.0 Å². The average molecular weight is 615 g/mol. The molecule has 0 aliphatic rings. The Bertz CT molecular complexity index is 748. The third kappa shape index (κ3) is 10.2. The molecule has 38 heavy (non-hydrogen) atoms. The Morgan fingerprint density at radius 1 is 0.500 bits per heavy atom. The van der Waals surface area contributed by atoms with E-state index in [9.17, 15) is 47.9 Å². The second-order valence-corrected chi connectivity index (χ2v) is 14.8. The highest BCUT2D eigenvalue weighted by molar-refractivity contribution is 8.33. The summed E-state index contributed by atoms with van der Waals surface area (Å²) in [4.78, 5) is 0. The third-order valence-electron chi connectivity index (χ3n) is 6.27. The van der Waals surface area contributed by atoms with Gasteiger partial charge in [0.25, 0.3) is 0 Å². The molecule has 0 aliphatic carbocycles. The zero-order valence-electron chi connectivity index (χ0n) is 22.5. The molecule has 0 aromatic heterocycles. The summed E-state index contributed by atoms with van der Waals surface area (Å²) in [6, 6.07) is 0. The summed E-state index contributed by atoms with van der Waals surface area (Å²) in [5.74, 6) is -14.8. The van der Waals surface area contributed by atoms with Gasteiger partial charge in [0.05, 0.1) is 0 Å². The van der Waals surface area contributed by atoms with E-state index >= 15 is 0 Å². The van der Waals surface area contributed by atoms with Gasteiger partial charge in [0.2, 0.25) is 0 Å². The highest BCUT2D eigenvalue weighted by Gasteiger charge is 2.86. The van der Waals surface area contributed by atoms with Crippen molar-refractivity contribution in [2.75, 3.05) is 17.3 Å². The van der Waals surface area contributed by atoms with E-state index in [0.717, 1.165) is 38.5 Å². The molecule has 0 rings (SSSR count). The monoisotopic (exact) mass is 614 g/mol. The fourth-order valence-electron chi connectivity index (χ4n) is 3.89. The van der Waals surface area contributed by atoms with Crippen molar-refractivity contribution < 1.29 is 51.6 Å². The van der Waals surface area contributed by atoms with E-state index in [2.05, 4.69) is 6.92 Å². The lowest BCUT2D eigenvalue weighted by Crippen LogP contribution is -2.63. The van der Waals surface area contributed by atoms with E-state index in [-0.39, 0.29) is 17.3 Å². The van der Waals surface area contributed by atoms with Gasteiger partial charge < -0.3 is 0 Å². The van der Waals surface area contributed by atoms with Gasteiger partial charge >= 0.3 is 33.4 Å². The summed E-state index contributed by atoms with van der Waals surface area (Å²) in [6.07, 6.45) is 2.66. The molecule has 0 atom stereocenters. The number of hydrogen-bond donors (Lipinski definition) is 0. The van der Waals surface area contributed by atoms with Crippen molar-refractivity contribution >= 4 is 20.4 Å². The molecule has 0 aliphatic heterocycles. The number of hydrogen-bond acceptors (Lipinski definition) is 3. The predicted octanol–water partition coefficient (Wildman–Crippen LogP) is 10.00. The van der Waals surface area contributed by atoms with E-state index in [0.29, 0.717) is 51.4 Å². The lowest BCUT2D eigenvalue weighted by molar-refractivity contribution is -0.382. The van der Waals surface area contributed by atoms with Crippen LogP contribution in [0.5, 0.6) is 0 Å². The maximum atomic E-state index is 14.5. The summed E-state index contributed by atoms with van der Waals surface area (Å²) < 4.78 is 151. The molecule has 0 bridgehead atoms. The van der Waals surface area contributed by atoms with Crippen LogP contribution in [0.2, 0.25) is 0 Å². The van der Waals surface area contributed by atoms with Gasteiger partial charge in [-0.25, -0.2) is 3.63 Å². The van der Waals surface area contributed by atoms with Crippen LogP contribution in [-0.2, 0) is 13.7 Å². The Hall–Kier alpha value is -0.370. The molecular formula is C24H43F9O3S2. The summed E-state index contributed by atoms with van der Waals surface area (Å²) in [7, 11) is -9.93. The van der Waals surface area contributed by atoms with Crippen LogP contribution in [0.4, 0.5) is 39.5 Å². The van der Waals surface area contributed by atoms with Crippen molar-refractivity contribution in [1.82, 2.24) is 0 Å². The highest BCUT2D eigenvalue weighted by atomic mass is 32.3. The maximum absolute atomic E-state index is 14.5. The first-order valence-corrected chi connectivity index (χ1v) is 16.8. The maximum Gasteiger partial charge on any atom is 0.460 e. The van der Waals surface area contributed by atoms with Crippen molar-refractivity contribution in [2.45, 2.75) is 134 Å². The quantitative estimate of drug-likeness (QED) is 0.0901. The van der Waals surface area contributed by atoms with Crippen LogP contribution in [0.3, 0.4) is 0 Å². The molecule has 0 heterocycles. The van der Waals surface area contributed by atoms with E-state index < -0.39 is 43.7 Å². The second-order valence-electron chi connectivity index (χ2n) is 9.65. The molecule has 232 valence electrons. The van der Waals surface area contributed by atoms with Crippen LogP contribution in [0.1, 0.15) is 111 Å². The molecule has 0 amide bonds. The van der Waals surface area contributed by atoms with Gasteiger partial charge in [0, 0.05) is 17.3 Å². The van der Waals surface area contributed by atoms with Gasteiger partial charge in [-0.3, -0.25) is 0 Å². The molecule has 0 spiro atoms. The van der Waals surface area contributed by atoms with Crippen molar-refractivity contribution in [3.63, 3.8) is 0 Å². The SMILES string of the molecule is CCCCCCCCCCS(CCCCC)(CCCCC)OS(=O)(=O)C(F)(F)C(F)(F)C(F)(F)C(F)(F)F. The predicted molar refractivity (Wildman–Crippen MR) is 135 cm³/mol. The zero-order chi connectivity index (χ0) is 29.7. The van der Waals surface area contributed by atoms with Crippen LogP contribution in [0.15, 0.2) is 0 Å². The summed E-state index contributed by atoms with van der Waals surface area (Å²) in [6.45, 7) is 5.70. The van der Waals surface area contributed by atoms with Gasteiger partial charge in [-0.15, -0.1) is 10.3 Å². The molecule has 14 heteroatoms. The minimum absolute atomic E-state index is 0.0497. The Morgan fingerprint density at radius 2 is 0.816 bits per heavy atom. The molecule has 0 saturated carbocycles. The van der Waals surface area contributed by atoms with Crippen LogP contribution >= 0.6 is 10.3 Å². The number of alkyl halides is 9. The third-order valence-corrected chi connectivity index (χ3v) is 12.1. The van der Waals surface area contributed by atoms with E-state index in [1.807, 2.05) is 13.8 Å².